The predicted molar refractivity (Wildman–Crippen MR) is 83.9 cm³/mol. The molecule has 10 nitrogen and oxygen atoms in total. The van der Waals surface area contributed by atoms with Crippen LogP contribution < -0.4 is 24.2 Å². The molecule has 3 atom stereocenters. The molecule has 1 saturated heterocycles. The van der Waals surface area contributed by atoms with Crippen LogP contribution in [0.5, 0.6) is 0 Å². The number of hydrogen-bond acceptors (Lipinski definition) is 6. The number of carboxylic acids is 1. The van der Waals surface area contributed by atoms with Crippen LogP contribution in [-0.4, -0.2) is 67.9 Å². The quantitative estimate of drug-likeness (QED) is 0.401. The van der Waals surface area contributed by atoms with Gasteiger partial charge in [-0.25, -0.2) is 18.8 Å². The zero-order chi connectivity index (χ0) is 18.8. The van der Waals surface area contributed by atoms with Crippen molar-refractivity contribution < 1.29 is 49.0 Å². The molecule has 0 aliphatic carbocycles. The summed E-state index contributed by atoms with van der Waals surface area (Å²) in [6.45, 7) is 1.88. The zero-order valence-electron chi connectivity index (χ0n) is 15.7. The normalized spacial score (nSPS) is 22.0. The van der Waals surface area contributed by atoms with E-state index in [2.05, 4.69) is 20.1 Å². The molecule has 2 N–H and O–H groups in total. The second-order valence-electron chi connectivity index (χ2n) is 5.82. The van der Waals surface area contributed by atoms with Crippen LogP contribution in [-0.2, 0) is 21.0 Å². The van der Waals surface area contributed by atoms with Crippen molar-refractivity contribution in [3.8, 4) is 0 Å². The molecular weight excluding hydrogens is 356 g/mol. The van der Waals surface area contributed by atoms with E-state index in [9.17, 15) is 18.8 Å². The number of hydroxylamine groups is 2. The van der Waals surface area contributed by atoms with Gasteiger partial charge in [0.25, 0.3) is 0 Å². The molecule has 0 spiro atoms. The molecule has 3 amide bonds. The van der Waals surface area contributed by atoms with Crippen LogP contribution in [0.2, 0.25) is 0 Å². The van der Waals surface area contributed by atoms with Crippen molar-refractivity contribution in [3.05, 3.63) is 35.9 Å². The number of rotatable bonds is 6. The first-order valence-electron chi connectivity index (χ1n) is 7.73. The minimum absolute atomic E-state index is 0. The Bertz CT molecular complexity index is 770. The summed E-state index contributed by atoms with van der Waals surface area (Å²) in [7, 11) is 0. The maximum Gasteiger partial charge on any atom is 1.00 e. The number of alkyl halides is 1. The largest absolute Gasteiger partial charge is 1.00 e. The number of carboxylic acid groups (broad SMARTS) is 1. The van der Waals surface area contributed by atoms with Crippen LogP contribution in [0.25, 0.3) is 0 Å². The van der Waals surface area contributed by atoms with E-state index in [1.165, 1.54) is 23.5 Å². The first-order valence-corrected chi connectivity index (χ1v) is 7.73. The van der Waals surface area contributed by atoms with E-state index in [1.807, 2.05) is 0 Å². The molecule has 0 aromatic carbocycles. The van der Waals surface area contributed by atoms with Crippen LogP contribution in [0.15, 0.2) is 30.2 Å². The van der Waals surface area contributed by atoms with Gasteiger partial charge in [0.05, 0.1) is 31.0 Å². The monoisotopic (exact) mass is 373 g/mol. The van der Waals surface area contributed by atoms with E-state index in [1.54, 1.807) is 13.0 Å². The molecule has 140 valence electrons. The van der Waals surface area contributed by atoms with Gasteiger partial charge in [-0.3, -0.25) is 14.8 Å². The van der Waals surface area contributed by atoms with E-state index < -0.39 is 36.3 Å². The number of halogens is 1. The SMILES string of the molecule is CC1=C[C@@H]2CN(C(=O)N2OC(F)C(=O)O)[C@@H]1C(=O)NCc1cnccn1.[H-].[Li+]. The Balaban J connectivity index is 0.00000196. The van der Waals surface area contributed by atoms with Gasteiger partial charge < -0.3 is 16.7 Å². The maximum absolute atomic E-state index is 13.3. The number of urea groups is 1. The summed E-state index contributed by atoms with van der Waals surface area (Å²) < 4.78 is 13.3. The van der Waals surface area contributed by atoms with Gasteiger partial charge in [-0.2, -0.15) is 5.06 Å². The molecular formula is C15H17FLiN5O5. The first kappa shape index (κ1) is 20.8. The Morgan fingerprint density at radius 1 is 1.52 bits per heavy atom. The molecule has 27 heavy (non-hydrogen) atoms. The Morgan fingerprint density at radius 3 is 2.89 bits per heavy atom. The number of amides is 3. The molecule has 0 radical (unpaired) electrons. The van der Waals surface area contributed by atoms with Gasteiger partial charge >= 0.3 is 37.2 Å². The fourth-order valence-electron chi connectivity index (χ4n) is 2.91. The third kappa shape index (κ3) is 4.27. The molecule has 1 aromatic rings. The number of aromatic nitrogens is 2. The molecule has 2 aliphatic rings. The molecule has 2 bridgehead atoms. The Hall–Kier alpha value is -2.48. The molecule has 1 aromatic heterocycles. The van der Waals surface area contributed by atoms with Crippen molar-refractivity contribution in [3.63, 3.8) is 0 Å². The number of carbonyl (C=O) groups is 3. The molecule has 3 heterocycles. The van der Waals surface area contributed by atoms with Crippen molar-refractivity contribution in [1.29, 1.82) is 0 Å². The summed E-state index contributed by atoms with van der Waals surface area (Å²) in [5.74, 6) is -2.28. The van der Waals surface area contributed by atoms with Gasteiger partial charge in [-0.1, -0.05) is 6.08 Å². The van der Waals surface area contributed by atoms with E-state index in [0.717, 1.165) is 0 Å². The Labute approximate surface area is 167 Å². The van der Waals surface area contributed by atoms with Gasteiger partial charge in [0.15, 0.2) is 0 Å². The summed E-state index contributed by atoms with van der Waals surface area (Å²) in [6.07, 6.45) is 3.42. The minimum atomic E-state index is -2.67. The Kier molecular flexibility index (Phi) is 6.53. The zero-order valence-corrected chi connectivity index (χ0v) is 14.7. The fraction of sp³-hybridized carbons (Fsp3) is 0.400. The van der Waals surface area contributed by atoms with Gasteiger partial charge in [0.1, 0.15) is 6.04 Å². The van der Waals surface area contributed by atoms with Crippen molar-refractivity contribution in [1.82, 2.24) is 25.2 Å². The average molecular weight is 373 g/mol. The van der Waals surface area contributed by atoms with Gasteiger partial charge in [0.2, 0.25) is 5.91 Å². The first-order chi connectivity index (χ1) is 12.4. The van der Waals surface area contributed by atoms with Crippen LogP contribution in [0.1, 0.15) is 14.0 Å². The minimum Gasteiger partial charge on any atom is -1.00 e. The molecule has 2 aliphatic heterocycles. The maximum atomic E-state index is 13.3. The molecule has 1 fully saturated rings. The number of fused-ring (bicyclic) bond motifs is 2. The van der Waals surface area contributed by atoms with Crippen LogP contribution >= 0.6 is 0 Å². The fourth-order valence-corrected chi connectivity index (χ4v) is 2.91. The van der Waals surface area contributed by atoms with Crippen molar-refractivity contribution in [2.24, 2.45) is 0 Å². The smallest absolute Gasteiger partial charge is 1.00 e. The molecule has 3 rings (SSSR count). The van der Waals surface area contributed by atoms with Crippen LogP contribution in [0.4, 0.5) is 9.18 Å². The number of nitrogens with one attached hydrogen (secondary N) is 1. The van der Waals surface area contributed by atoms with Crippen LogP contribution in [0, 0.1) is 0 Å². The van der Waals surface area contributed by atoms with Crippen molar-refractivity contribution in [2.75, 3.05) is 6.54 Å². The number of hydrogen-bond donors (Lipinski definition) is 2. The van der Waals surface area contributed by atoms with E-state index in [-0.39, 0.29) is 33.4 Å². The summed E-state index contributed by atoms with van der Waals surface area (Å²) in [5, 5.41) is 11.9. The average Bonchev–Trinajstić information content (AvgIpc) is 2.86. The number of carbonyl (C=O) groups excluding carboxylic acids is 2. The summed E-state index contributed by atoms with van der Waals surface area (Å²) in [5.41, 5.74) is 1.12. The predicted octanol–water partition coefficient (Wildman–Crippen LogP) is -3.04. The van der Waals surface area contributed by atoms with Crippen molar-refractivity contribution in [2.45, 2.75) is 31.9 Å². The van der Waals surface area contributed by atoms with Crippen molar-refractivity contribution >= 4 is 17.9 Å². The van der Waals surface area contributed by atoms with Crippen LogP contribution in [0.3, 0.4) is 0 Å². The van der Waals surface area contributed by atoms with E-state index in [0.29, 0.717) is 16.3 Å². The molecule has 0 saturated carbocycles. The summed E-state index contributed by atoms with van der Waals surface area (Å²) in [4.78, 5) is 49.3. The van der Waals surface area contributed by atoms with Gasteiger partial charge in [-0.15, -0.1) is 0 Å². The van der Waals surface area contributed by atoms with E-state index >= 15 is 0 Å². The second-order valence-corrected chi connectivity index (χ2v) is 5.82. The summed E-state index contributed by atoms with van der Waals surface area (Å²) in [6, 6.07) is -2.33. The van der Waals surface area contributed by atoms with Gasteiger partial charge in [0, 0.05) is 12.4 Å². The molecule has 12 heteroatoms. The molecule has 1 unspecified atom stereocenters. The summed E-state index contributed by atoms with van der Waals surface area (Å²) >= 11 is 0. The third-order valence-corrected chi connectivity index (χ3v) is 4.03. The topological polar surface area (TPSA) is 125 Å². The number of aliphatic carboxylic acids is 1. The Morgan fingerprint density at radius 2 is 2.26 bits per heavy atom. The second kappa shape index (κ2) is 8.47. The standard InChI is InChI=1S/C15H16FN5O5.Li.H/c1-8-4-10-7-20(15(25)21(10)26-12(16)14(23)24)11(8)13(22)19-6-9-5-17-2-3-18-9;;/h2-5,10-12H,6-7H2,1H3,(H,19,22)(H,23,24);;/q;+1;-1/t10-,11+,12?;;/m1../s1. The number of nitrogens with zero attached hydrogens (tertiary/aromatic N) is 4. The van der Waals surface area contributed by atoms with Gasteiger partial charge in [-0.05, 0) is 12.5 Å². The third-order valence-electron chi connectivity index (χ3n) is 4.03. The van der Waals surface area contributed by atoms with E-state index in [4.69, 9.17) is 5.11 Å².